The Morgan fingerprint density at radius 2 is 1.62 bits per heavy atom. The summed E-state index contributed by atoms with van der Waals surface area (Å²) in [4.78, 5) is 27.1. The van der Waals surface area contributed by atoms with Crippen LogP contribution >= 0.6 is 0 Å². The standard InChI is InChI=1S/C30H36N2O5/c1-5-6-12-31-30(34)24-11-13-32(19-24)28(33)15-20-7-8-22-16-23(10-9-21(22)14-20)25-17-26(35-2)29(37-4)27(18-25)36-3/h7-10,14,16-18,24H,5-6,11-13,15,19H2,1-4H3,(H,31,34)/t24-/m0/s1. The summed E-state index contributed by atoms with van der Waals surface area (Å²) in [6.07, 6.45) is 3.08. The number of ether oxygens (including phenoxy) is 3. The van der Waals surface area contributed by atoms with Crippen LogP contribution in [0.1, 0.15) is 31.7 Å². The second kappa shape index (κ2) is 12.0. The fourth-order valence-corrected chi connectivity index (χ4v) is 4.85. The molecule has 1 N–H and O–H groups in total. The first-order valence-electron chi connectivity index (χ1n) is 12.9. The number of nitrogens with one attached hydrogen (secondary N) is 1. The van der Waals surface area contributed by atoms with E-state index in [0.29, 0.717) is 43.3 Å². The summed E-state index contributed by atoms with van der Waals surface area (Å²) in [6, 6.07) is 16.2. The summed E-state index contributed by atoms with van der Waals surface area (Å²) in [6.45, 7) is 3.95. The number of carbonyl (C=O) groups excluding carboxylic acids is 2. The average molecular weight is 505 g/mol. The number of likely N-dealkylation sites (tertiary alicyclic amines) is 1. The number of hydrogen-bond donors (Lipinski definition) is 1. The number of benzene rings is 3. The normalized spacial score (nSPS) is 15.0. The fourth-order valence-electron chi connectivity index (χ4n) is 4.85. The van der Waals surface area contributed by atoms with Crippen molar-refractivity contribution in [3.05, 3.63) is 54.1 Å². The number of rotatable bonds is 10. The fraction of sp³-hybridized carbons (Fsp3) is 0.400. The summed E-state index contributed by atoms with van der Waals surface area (Å²) in [5.74, 6) is 1.80. The van der Waals surface area contributed by atoms with E-state index in [0.717, 1.165) is 46.7 Å². The Bertz CT molecular complexity index is 1250. The molecule has 2 amide bonds. The Morgan fingerprint density at radius 1 is 0.919 bits per heavy atom. The molecule has 4 rings (SSSR count). The molecule has 3 aromatic carbocycles. The number of nitrogens with zero attached hydrogens (tertiary/aromatic N) is 1. The second-order valence-electron chi connectivity index (χ2n) is 9.46. The predicted octanol–water partition coefficient (Wildman–Crippen LogP) is 4.84. The van der Waals surface area contributed by atoms with E-state index in [1.54, 1.807) is 21.3 Å². The molecule has 1 aliphatic heterocycles. The minimum Gasteiger partial charge on any atom is -0.493 e. The number of hydrogen-bond acceptors (Lipinski definition) is 5. The van der Waals surface area contributed by atoms with Gasteiger partial charge in [-0.25, -0.2) is 0 Å². The topological polar surface area (TPSA) is 77.1 Å². The van der Waals surface area contributed by atoms with Crippen LogP contribution in [0.4, 0.5) is 0 Å². The van der Waals surface area contributed by atoms with Gasteiger partial charge in [0.05, 0.1) is 33.7 Å². The lowest BCUT2D eigenvalue weighted by Gasteiger charge is -2.17. The molecule has 1 heterocycles. The van der Waals surface area contributed by atoms with E-state index in [9.17, 15) is 9.59 Å². The molecule has 1 aliphatic rings. The van der Waals surface area contributed by atoms with E-state index >= 15 is 0 Å². The molecule has 1 fully saturated rings. The quantitative estimate of drug-likeness (QED) is 0.400. The Labute approximate surface area is 218 Å². The summed E-state index contributed by atoms with van der Waals surface area (Å²) in [5, 5.41) is 5.13. The minimum absolute atomic E-state index is 0.0669. The van der Waals surface area contributed by atoms with Crippen molar-refractivity contribution in [2.75, 3.05) is 41.0 Å². The lowest BCUT2D eigenvalue weighted by atomic mass is 9.98. The van der Waals surface area contributed by atoms with E-state index in [4.69, 9.17) is 14.2 Å². The molecule has 1 saturated heterocycles. The molecule has 37 heavy (non-hydrogen) atoms. The molecule has 7 heteroatoms. The maximum absolute atomic E-state index is 13.0. The van der Waals surface area contributed by atoms with Gasteiger partial charge in [-0.1, -0.05) is 43.7 Å². The summed E-state index contributed by atoms with van der Waals surface area (Å²) in [7, 11) is 4.80. The van der Waals surface area contributed by atoms with Crippen LogP contribution in [0.2, 0.25) is 0 Å². The molecule has 0 radical (unpaired) electrons. The first-order chi connectivity index (χ1) is 18.0. The first-order valence-corrected chi connectivity index (χ1v) is 12.9. The summed E-state index contributed by atoms with van der Waals surface area (Å²) < 4.78 is 16.4. The molecule has 1 atom stereocenters. The minimum atomic E-state index is -0.106. The Morgan fingerprint density at radius 3 is 2.30 bits per heavy atom. The molecule has 7 nitrogen and oxygen atoms in total. The number of amides is 2. The van der Waals surface area contributed by atoms with Gasteiger partial charge < -0.3 is 24.4 Å². The zero-order chi connectivity index (χ0) is 26.4. The van der Waals surface area contributed by atoms with Gasteiger partial charge >= 0.3 is 0 Å². The zero-order valence-electron chi connectivity index (χ0n) is 22.1. The maximum Gasteiger partial charge on any atom is 0.227 e. The molecule has 3 aromatic rings. The van der Waals surface area contributed by atoms with Gasteiger partial charge in [0, 0.05) is 19.6 Å². The molecule has 0 unspecified atom stereocenters. The third kappa shape index (κ3) is 5.98. The van der Waals surface area contributed by atoms with Crippen molar-refractivity contribution in [2.45, 2.75) is 32.6 Å². The van der Waals surface area contributed by atoms with E-state index in [-0.39, 0.29) is 17.7 Å². The predicted molar refractivity (Wildman–Crippen MR) is 145 cm³/mol. The van der Waals surface area contributed by atoms with E-state index in [1.807, 2.05) is 29.2 Å². The van der Waals surface area contributed by atoms with E-state index in [2.05, 4.69) is 36.5 Å². The lowest BCUT2D eigenvalue weighted by molar-refractivity contribution is -0.130. The monoisotopic (exact) mass is 504 g/mol. The molecule has 0 saturated carbocycles. The van der Waals surface area contributed by atoms with Gasteiger partial charge in [0.15, 0.2) is 11.5 Å². The molecular weight excluding hydrogens is 468 g/mol. The third-order valence-corrected chi connectivity index (χ3v) is 7.00. The van der Waals surface area contributed by atoms with E-state index < -0.39 is 0 Å². The number of fused-ring (bicyclic) bond motifs is 1. The van der Waals surface area contributed by atoms with E-state index in [1.165, 1.54) is 0 Å². The van der Waals surface area contributed by atoms with Gasteiger partial charge in [0.2, 0.25) is 17.6 Å². The third-order valence-electron chi connectivity index (χ3n) is 7.00. The van der Waals surface area contributed by atoms with Gasteiger partial charge in [-0.2, -0.15) is 0 Å². The van der Waals surface area contributed by atoms with Gasteiger partial charge in [-0.05, 0) is 58.5 Å². The molecule has 196 valence electrons. The van der Waals surface area contributed by atoms with Crippen LogP contribution in [0, 0.1) is 5.92 Å². The highest BCUT2D eigenvalue weighted by Crippen LogP contribution is 2.41. The van der Waals surface area contributed by atoms with Gasteiger partial charge in [-0.15, -0.1) is 0 Å². The highest BCUT2D eigenvalue weighted by molar-refractivity contribution is 5.90. The Hall–Kier alpha value is -3.74. The molecule has 0 bridgehead atoms. The van der Waals surface area contributed by atoms with Crippen LogP contribution in [0.15, 0.2) is 48.5 Å². The number of methoxy groups -OCH3 is 3. The largest absolute Gasteiger partial charge is 0.493 e. The average Bonchev–Trinajstić information content (AvgIpc) is 3.43. The van der Waals surface area contributed by atoms with Crippen molar-refractivity contribution < 1.29 is 23.8 Å². The zero-order valence-corrected chi connectivity index (χ0v) is 22.1. The van der Waals surface area contributed by atoms with Crippen molar-refractivity contribution in [1.29, 1.82) is 0 Å². The maximum atomic E-state index is 13.0. The van der Waals surface area contributed by atoms with Crippen LogP contribution in [-0.2, 0) is 16.0 Å². The van der Waals surface area contributed by atoms with Gasteiger partial charge in [-0.3, -0.25) is 9.59 Å². The van der Waals surface area contributed by atoms with Crippen LogP contribution in [-0.4, -0.2) is 57.7 Å². The smallest absolute Gasteiger partial charge is 0.227 e. The lowest BCUT2D eigenvalue weighted by Crippen LogP contribution is -2.35. The second-order valence-corrected chi connectivity index (χ2v) is 9.46. The summed E-state index contributed by atoms with van der Waals surface area (Å²) in [5.41, 5.74) is 2.95. The SMILES string of the molecule is CCCCNC(=O)[C@H]1CCN(C(=O)Cc2ccc3cc(-c4cc(OC)c(OC)c(OC)c4)ccc3c2)C1. The van der Waals surface area contributed by atoms with Crippen LogP contribution in [0.25, 0.3) is 21.9 Å². The summed E-state index contributed by atoms with van der Waals surface area (Å²) >= 11 is 0. The Kier molecular flexibility index (Phi) is 8.54. The van der Waals surface area contributed by atoms with Gasteiger partial charge in [0.25, 0.3) is 0 Å². The van der Waals surface area contributed by atoms with Crippen LogP contribution in [0.5, 0.6) is 17.2 Å². The van der Waals surface area contributed by atoms with Crippen LogP contribution < -0.4 is 19.5 Å². The van der Waals surface area contributed by atoms with Crippen molar-refractivity contribution >= 4 is 22.6 Å². The van der Waals surface area contributed by atoms with Crippen LogP contribution in [0.3, 0.4) is 0 Å². The highest BCUT2D eigenvalue weighted by atomic mass is 16.5. The number of unbranched alkanes of at least 4 members (excludes halogenated alkanes) is 1. The van der Waals surface area contributed by atoms with Crippen molar-refractivity contribution in [3.63, 3.8) is 0 Å². The van der Waals surface area contributed by atoms with Gasteiger partial charge in [0.1, 0.15) is 0 Å². The molecule has 0 aromatic heterocycles. The number of carbonyl (C=O) groups is 2. The van der Waals surface area contributed by atoms with Crippen molar-refractivity contribution in [2.24, 2.45) is 5.92 Å². The molecule has 0 aliphatic carbocycles. The highest BCUT2D eigenvalue weighted by Gasteiger charge is 2.30. The molecular formula is C30H36N2O5. The molecule has 0 spiro atoms. The van der Waals surface area contributed by atoms with Crippen molar-refractivity contribution in [3.8, 4) is 28.4 Å². The first kappa shape index (κ1) is 26.3. The van der Waals surface area contributed by atoms with Crippen molar-refractivity contribution in [1.82, 2.24) is 10.2 Å². The Balaban J connectivity index is 1.45.